The first kappa shape index (κ1) is 18.9. The molecule has 152 valence electrons. The summed E-state index contributed by atoms with van der Waals surface area (Å²) in [4.78, 5) is 0. The largest absolute Gasteiger partial charge is 0.493 e. The van der Waals surface area contributed by atoms with E-state index in [1.54, 1.807) is 33.1 Å². The van der Waals surface area contributed by atoms with Crippen molar-refractivity contribution < 1.29 is 18.9 Å². The number of nitrogens with zero attached hydrogens (tertiary/aromatic N) is 4. The van der Waals surface area contributed by atoms with Crippen LogP contribution in [0.2, 0.25) is 0 Å². The molecular formula is C20H23N5O4. The predicted octanol–water partition coefficient (Wildman–Crippen LogP) is 2.85. The number of fused-ring (bicyclic) bond motifs is 1. The van der Waals surface area contributed by atoms with Gasteiger partial charge in [-0.3, -0.25) is 0 Å². The SMILES string of the molecule is COc1ccc([C@@H]2C[C@H](c3ccc(OC)c(OC)c3)n3nnnc3N2)cc1OC. The first-order chi connectivity index (χ1) is 14.2. The molecule has 1 aliphatic heterocycles. The summed E-state index contributed by atoms with van der Waals surface area (Å²) in [5.74, 6) is 3.32. The van der Waals surface area contributed by atoms with Gasteiger partial charge < -0.3 is 24.3 Å². The lowest BCUT2D eigenvalue weighted by atomic mass is 9.93. The van der Waals surface area contributed by atoms with Crippen molar-refractivity contribution in [2.45, 2.75) is 18.5 Å². The fourth-order valence-corrected chi connectivity index (χ4v) is 3.66. The molecule has 0 bridgehead atoms. The molecule has 2 heterocycles. The Morgan fingerprint density at radius 3 is 2.03 bits per heavy atom. The normalized spacial score (nSPS) is 17.8. The third-order valence-electron chi connectivity index (χ3n) is 5.15. The highest BCUT2D eigenvalue weighted by atomic mass is 16.5. The zero-order valence-corrected chi connectivity index (χ0v) is 16.7. The van der Waals surface area contributed by atoms with E-state index in [0.717, 1.165) is 17.5 Å². The minimum atomic E-state index is -0.0702. The van der Waals surface area contributed by atoms with Crippen molar-refractivity contribution in [2.24, 2.45) is 0 Å². The molecule has 4 rings (SSSR count). The van der Waals surface area contributed by atoms with E-state index in [9.17, 15) is 0 Å². The number of hydrogen-bond acceptors (Lipinski definition) is 8. The Bertz CT molecular complexity index is 1010. The van der Waals surface area contributed by atoms with E-state index < -0.39 is 0 Å². The minimum absolute atomic E-state index is 0.00796. The highest BCUT2D eigenvalue weighted by Gasteiger charge is 2.31. The maximum atomic E-state index is 5.47. The molecule has 0 saturated carbocycles. The summed E-state index contributed by atoms with van der Waals surface area (Å²) < 4.78 is 23.4. The van der Waals surface area contributed by atoms with Crippen LogP contribution in [0.1, 0.15) is 29.6 Å². The number of benzene rings is 2. The molecule has 0 radical (unpaired) electrons. The summed E-state index contributed by atoms with van der Waals surface area (Å²) >= 11 is 0. The number of anilines is 1. The highest BCUT2D eigenvalue weighted by molar-refractivity contribution is 5.48. The Morgan fingerprint density at radius 1 is 0.828 bits per heavy atom. The molecule has 9 heteroatoms. The monoisotopic (exact) mass is 397 g/mol. The van der Waals surface area contributed by atoms with E-state index in [1.165, 1.54) is 0 Å². The van der Waals surface area contributed by atoms with Crippen molar-refractivity contribution in [3.63, 3.8) is 0 Å². The summed E-state index contributed by atoms with van der Waals surface area (Å²) in [5.41, 5.74) is 2.09. The maximum Gasteiger partial charge on any atom is 0.243 e. The quantitative estimate of drug-likeness (QED) is 0.679. The summed E-state index contributed by atoms with van der Waals surface area (Å²) in [6.45, 7) is 0. The molecule has 9 nitrogen and oxygen atoms in total. The number of tetrazole rings is 1. The van der Waals surface area contributed by atoms with Crippen LogP contribution in [0.15, 0.2) is 36.4 Å². The zero-order valence-electron chi connectivity index (χ0n) is 16.7. The van der Waals surface area contributed by atoms with Gasteiger partial charge >= 0.3 is 0 Å². The van der Waals surface area contributed by atoms with Crippen LogP contribution in [0.5, 0.6) is 23.0 Å². The molecule has 2 atom stereocenters. The number of ether oxygens (including phenoxy) is 4. The van der Waals surface area contributed by atoms with Crippen LogP contribution in [-0.2, 0) is 0 Å². The molecule has 0 unspecified atom stereocenters. The molecule has 1 N–H and O–H groups in total. The fraction of sp³-hybridized carbons (Fsp3) is 0.350. The molecule has 3 aromatic rings. The van der Waals surface area contributed by atoms with Gasteiger partial charge in [0, 0.05) is 0 Å². The third-order valence-corrected chi connectivity index (χ3v) is 5.15. The van der Waals surface area contributed by atoms with E-state index in [4.69, 9.17) is 18.9 Å². The van der Waals surface area contributed by atoms with Gasteiger partial charge in [-0.05, 0) is 52.2 Å². The van der Waals surface area contributed by atoms with Crippen molar-refractivity contribution in [3.05, 3.63) is 47.5 Å². The van der Waals surface area contributed by atoms with E-state index in [0.29, 0.717) is 28.9 Å². The van der Waals surface area contributed by atoms with Crippen LogP contribution in [0, 0.1) is 0 Å². The van der Waals surface area contributed by atoms with Gasteiger partial charge in [-0.2, -0.15) is 0 Å². The highest BCUT2D eigenvalue weighted by Crippen LogP contribution is 2.41. The Morgan fingerprint density at radius 2 is 1.41 bits per heavy atom. The van der Waals surface area contributed by atoms with E-state index >= 15 is 0 Å². The van der Waals surface area contributed by atoms with Crippen LogP contribution in [0.3, 0.4) is 0 Å². The molecule has 0 saturated heterocycles. The van der Waals surface area contributed by atoms with Crippen molar-refractivity contribution in [1.29, 1.82) is 0 Å². The van der Waals surface area contributed by atoms with Crippen LogP contribution in [0.4, 0.5) is 5.95 Å². The van der Waals surface area contributed by atoms with Crippen molar-refractivity contribution in [1.82, 2.24) is 20.2 Å². The molecule has 0 fully saturated rings. The lowest BCUT2D eigenvalue weighted by Crippen LogP contribution is -2.28. The number of rotatable bonds is 6. The Kier molecular flexibility index (Phi) is 5.11. The molecule has 1 aromatic heterocycles. The second kappa shape index (κ2) is 7.86. The summed E-state index contributed by atoms with van der Waals surface area (Å²) in [7, 11) is 6.49. The molecule has 0 amide bonds. The maximum absolute atomic E-state index is 5.47. The average molecular weight is 397 g/mol. The predicted molar refractivity (Wildman–Crippen MR) is 106 cm³/mol. The van der Waals surface area contributed by atoms with Gasteiger partial charge in [0.05, 0.1) is 40.5 Å². The van der Waals surface area contributed by atoms with E-state index in [-0.39, 0.29) is 12.1 Å². The average Bonchev–Trinajstić information content (AvgIpc) is 3.26. The molecule has 1 aliphatic rings. The molecule has 29 heavy (non-hydrogen) atoms. The topological polar surface area (TPSA) is 92.6 Å². The molecule has 0 aliphatic carbocycles. The van der Waals surface area contributed by atoms with Gasteiger partial charge in [0.2, 0.25) is 5.95 Å². The van der Waals surface area contributed by atoms with Gasteiger partial charge in [-0.1, -0.05) is 17.2 Å². The van der Waals surface area contributed by atoms with Crippen LogP contribution < -0.4 is 24.3 Å². The standard InChI is InChI=1S/C20H23N5O4/c1-26-16-7-5-12(9-18(16)28-3)14-11-15(25-20(21-14)22-23-24-25)13-6-8-17(27-2)19(10-13)29-4/h5-10,14-15H,11H2,1-4H3,(H,21,22,24)/t14-,15+/m0/s1. The van der Waals surface area contributed by atoms with Gasteiger partial charge in [-0.15, -0.1) is 0 Å². The number of nitrogens with one attached hydrogen (secondary N) is 1. The van der Waals surface area contributed by atoms with Crippen molar-refractivity contribution >= 4 is 5.95 Å². The van der Waals surface area contributed by atoms with Gasteiger partial charge in [0.15, 0.2) is 23.0 Å². The number of hydrogen-bond donors (Lipinski definition) is 1. The first-order valence-corrected chi connectivity index (χ1v) is 9.16. The number of methoxy groups -OCH3 is 4. The van der Waals surface area contributed by atoms with Gasteiger partial charge in [0.25, 0.3) is 0 Å². The first-order valence-electron chi connectivity index (χ1n) is 9.16. The van der Waals surface area contributed by atoms with Gasteiger partial charge in [-0.25, -0.2) is 4.68 Å². The third kappa shape index (κ3) is 3.39. The lowest BCUT2D eigenvalue weighted by Gasteiger charge is -2.31. The lowest BCUT2D eigenvalue weighted by molar-refractivity contribution is 0.351. The van der Waals surface area contributed by atoms with Crippen molar-refractivity contribution in [3.8, 4) is 23.0 Å². The van der Waals surface area contributed by atoms with E-state index in [2.05, 4.69) is 20.8 Å². The molecule has 2 aromatic carbocycles. The molecule has 0 spiro atoms. The fourth-order valence-electron chi connectivity index (χ4n) is 3.66. The Balaban J connectivity index is 1.72. The van der Waals surface area contributed by atoms with Crippen LogP contribution in [0.25, 0.3) is 0 Å². The van der Waals surface area contributed by atoms with E-state index in [1.807, 2.05) is 36.4 Å². The van der Waals surface area contributed by atoms with Crippen LogP contribution in [-0.4, -0.2) is 48.6 Å². The summed E-state index contributed by atoms with van der Waals surface area (Å²) in [5, 5.41) is 15.6. The second-order valence-electron chi connectivity index (χ2n) is 6.62. The smallest absolute Gasteiger partial charge is 0.243 e. The summed E-state index contributed by atoms with van der Waals surface area (Å²) in [6.07, 6.45) is 0.739. The Hall–Kier alpha value is -3.49. The van der Waals surface area contributed by atoms with Crippen molar-refractivity contribution in [2.75, 3.05) is 33.8 Å². The van der Waals surface area contributed by atoms with Gasteiger partial charge in [0.1, 0.15) is 0 Å². The number of aromatic nitrogens is 4. The Labute approximate surface area is 168 Å². The summed E-state index contributed by atoms with van der Waals surface area (Å²) in [6, 6.07) is 11.7. The zero-order chi connectivity index (χ0) is 20.4. The second-order valence-corrected chi connectivity index (χ2v) is 6.62. The minimum Gasteiger partial charge on any atom is -0.493 e. The van der Waals surface area contributed by atoms with Crippen LogP contribution >= 0.6 is 0 Å². The molecular weight excluding hydrogens is 374 g/mol.